The monoisotopic (exact) mass is 458 g/mol. The maximum absolute atomic E-state index is 13.0. The topological polar surface area (TPSA) is 76.7 Å². The fourth-order valence-electron chi connectivity index (χ4n) is 3.06. The molecule has 0 aliphatic rings. The molecule has 3 rings (SSSR count). The molecular weight excluding hydrogens is 428 g/mol. The second-order valence-electron chi connectivity index (χ2n) is 8.18. The third kappa shape index (κ3) is 7.52. The van der Waals surface area contributed by atoms with Crippen LogP contribution in [0.1, 0.15) is 35.3 Å². The van der Waals surface area contributed by atoms with Gasteiger partial charge in [0.05, 0.1) is 13.7 Å². The van der Waals surface area contributed by atoms with Crippen LogP contribution in [0.25, 0.3) is 6.08 Å². The van der Waals surface area contributed by atoms with Crippen molar-refractivity contribution in [2.75, 3.05) is 13.7 Å². The number of nitrogens with one attached hydrogen (secondary N) is 2. The van der Waals surface area contributed by atoms with Crippen LogP contribution in [0.5, 0.6) is 11.5 Å². The highest BCUT2D eigenvalue weighted by atomic mass is 16.5. The van der Waals surface area contributed by atoms with E-state index < -0.39 is 0 Å². The molecule has 6 nitrogen and oxygen atoms in total. The lowest BCUT2D eigenvalue weighted by atomic mass is 10.1. The highest BCUT2D eigenvalue weighted by Gasteiger charge is 2.15. The van der Waals surface area contributed by atoms with Crippen LogP contribution in [0, 0.1) is 5.92 Å². The third-order valence-corrected chi connectivity index (χ3v) is 4.92. The summed E-state index contributed by atoms with van der Waals surface area (Å²) in [6.07, 6.45) is 1.64. The van der Waals surface area contributed by atoms with Crippen molar-refractivity contribution in [2.24, 2.45) is 5.92 Å². The fourth-order valence-corrected chi connectivity index (χ4v) is 3.06. The van der Waals surface area contributed by atoms with Gasteiger partial charge in [-0.15, -0.1) is 0 Å². The van der Waals surface area contributed by atoms with Crippen molar-refractivity contribution in [1.29, 1.82) is 0 Å². The van der Waals surface area contributed by atoms with Crippen LogP contribution >= 0.6 is 0 Å². The molecule has 0 spiro atoms. The first kappa shape index (κ1) is 24.6. The Hall–Kier alpha value is -4.06. The molecule has 0 saturated heterocycles. The fraction of sp³-hybridized carbons (Fsp3) is 0.214. The van der Waals surface area contributed by atoms with E-state index in [-0.39, 0.29) is 17.5 Å². The molecule has 0 aliphatic carbocycles. The number of hydrogen-bond acceptors (Lipinski definition) is 4. The normalized spacial score (nSPS) is 11.1. The Kier molecular flexibility index (Phi) is 8.86. The molecule has 2 amide bonds. The second-order valence-corrected chi connectivity index (χ2v) is 8.18. The SMILES string of the molecule is COc1ccc(/C=C(\NC(=O)c2ccc(OCC(C)C)cc2)C(=O)NCc2ccccc2)cc1. The molecular formula is C28H30N2O4. The standard InChI is InChI=1S/C28H30N2O4/c1-20(2)19-34-25-15-11-23(12-16-25)27(31)30-26(17-21-9-13-24(33-3)14-10-21)28(32)29-18-22-7-5-4-6-8-22/h4-17,20H,18-19H2,1-3H3,(H,29,32)(H,30,31)/b26-17-. The van der Waals surface area contributed by atoms with Gasteiger partial charge in [-0.3, -0.25) is 9.59 Å². The van der Waals surface area contributed by atoms with E-state index in [1.54, 1.807) is 49.6 Å². The molecule has 0 heterocycles. The quantitative estimate of drug-likeness (QED) is 0.427. The molecule has 0 atom stereocenters. The Bertz CT molecular complexity index is 1110. The first-order valence-electron chi connectivity index (χ1n) is 11.2. The molecule has 0 radical (unpaired) electrons. The van der Waals surface area contributed by atoms with Gasteiger partial charge in [0.1, 0.15) is 17.2 Å². The zero-order chi connectivity index (χ0) is 24.3. The number of benzene rings is 3. The number of carbonyl (C=O) groups is 2. The summed E-state index contributed by atoms with van der Waals surface area (Å²) in [6.45, 7) is 5.09. The van der Waals surface area contributed by atoms with Crippen LogP contribution < -0.4 is 20.1 Å². The van der Waals surface area contributed by atoms with Crippen molar-refractivity contribution in [2.45, 2.75) is 20.4 Å². The van der Waals surface area contributed by atoms with E-state index in [9.17, 15) is 9.59 Å². The first-order chi connectivity index (χ1) is 16.4. The average molecular weight is 459 g/mol. The Balaban J connectivity index is 1.75. The van der Waals surface area contributed by atoms with Gasteiger partial charge < -0.3 is 20.1 Å². The summed E-state index contributed by atoms with van der Waals surface area (Å²) < 4.78 is 10.9. The molecule has 6 heteroatoms. The zero-order valence-corrected chi connectivity index (χ0v) is 19.7. The van der Waals surface area contributed by atoms with Gasteiger partial charge in [0.25, 0.3) is 11.8 Å². The number of methoxy groups -OCH3 is 1. The number of carbonyl (C=O) groups excluding carboxylic acids is 2. The van der Waals surface area contributed by atoms with E-state index in [0.717, 1.165) is 11.1 Å². The maximum Gasteiger partial charge on any atom is 0.268 e. The molecule has 176 valence electrons. The predicted molar refractivity (Wildman–Crippen MR) is 134 cm³/mol. The predicted octanol–water partition coefficient (Wildman–Crippen LogP) is 4.82. The number of hydrogen-bond donors (Lipinski definition) is 2. The summed E-state index contributed by atoms with van der Waals surface area (Å²) in [7, 11) is 1.59. The summed E-state index contributed by atoms with van der Waals surface area (Å²) >= 11 is 0. The number of rotatable bonds is 10. The van der Waals surface area contributed by atoms with E-state index in [4.69, 9.17) is 9.47 Å². The van der Waals surface area contributed by atoms with Crippen molar-refractivity contribution >= 4 is 17.9 Å². The third-order valence-electron chi connectivity index (χ3n) is 4.92. The van der Waals surface area contributed by atoms with Crippen LogP contribution in [-0.2, 0) is 11.3 Å². The molecule has 0 saturated carbocycles. The first-order valence-corrected chi connectivity index (χ1v) is 11.2. The molecule has 3 aromatic rings. The molecule has 2 N–H and O–H groups in total. The van der Waals surface area contributed by atoms with Gasteiger partial charge >= 0.3 is 0 Å². The van der Waals surface area contributed by atoms with E-state index in [0.29, 0.717) is 36.1 Å². The molecule has 0 aromatic heterocycles. The summed E-state index contributed by atoms with van der Waals surface area (Å²) in [5.41, 5.74) is 2.28. The van der Waals surface area contributed by atoms with Crippen LogP contribution in [0.4, 0.5) is 0 Å². The minimum Gasteiger partial charge on any atom is -0.497 e. The van der Waals surface area contributed by atoms with Crippen molar-refractivity contribution in [1.82, 2.24) is 10.6 Å². The largest absolute Gasteiger partial charge is 0.497 e. The Labute approximate surface area is 200 Å². The van der Waals surface area contributed by atoms with Gasteiger partial charge in [0, 0.05) is 12.1 Å². The molecule has 3 aromatic carbocycles. The number of amides is 2. The minimum atomic E-state index is -0.384. The summed E-state index contributed by atoms with van der Waals surface area (Å²) in [4.78, 5) is 25.9. The molecule has 0 bridgehead atoms. The van der Waals surface area contributed by atoms with Gasteiger partial charge in [-0.2, -0.15) is 0 Å². The van der Waals surface area contributed by atoms with Crippen molar-refractivity contribution < 1.29 is 19.1 Å². The summed E-state index contributed by atoms with van der Waals surface area (Å²) in [5, 5.41) is 5.62. The summed E-state index contributed by atoms with van der Waals surface area (Å²) in [5.74, 6) is 1.04. The van der Waals surface area contributed by atoms with Crippen molar-refractivity contribution in [3.8, 4) is 11.5 Å². The smallest absolute Gasteiger partial charge is 0.268 e. The van der Waals surface area contributed by atoms with E-state index in [2.05, 4.69) is 24.5 Å². The van der Waals surface area contributed by atoms with Gasteiger partial charge in [-0.05, 0) is 59.5 Å². The van der Waals surface area contributed by atoms with Crippen molar-refractivity contribution in [3.63, 3.8) is 0 Å². The Morgan fingerprint density at radius 1 is 0.882 bits per heavy atom. The van der Waals surface area contributed by atoms with Gasteiger partial charge in [-0.1, -0.05) is 56.3 Å². The lowest BCUT2D eigenvalue weighted by molar-refractivity contribution is -0.117. The van der Waals surface area contributed by atoms with Crippen LogP contribution in [-0.4, -0.2) is 25.5 Å². The highest BCUT2D eigenvalue weighted by molar-refractivity contribution is 6.05. The Morgan fingerprint density at radius 3 is 2.15 bits per heavy atom. The van der Waals surface area contributed by atoms with Crippen molar-refractivity contribution in [3.05, 3.63) is 101 Å². The molecule has 0 fully saturated rings. The van der Waals surface area contributed by atoms with Gasteiger partial charge in [0.15, 0.2) is 0 Å². The lowest BCUT2D eigenvalue weighted by Gasteiger charge is -2.12. The van der Waals surface area contributed by atoms with E-state index >= 15 is 0 Å². The number of ether oxygens (including phenoxy) is 2. The maximum atomic E-state index is 13.0. The van der Waals surface area contributed by atoms with Gasteiger partial charge in [0.2, 0.25) is 0 Å². The van der Waals surface area contributed by atoms with E-state index in [1.807, 2.05) is 42.5 Å². The van der Waals surface area contributed by atoms with Crippen LogP contribution in [0.3, 0.4) is 0 Å². The molecule has 34 heavy (non-hydrogen) atoms. The average Bonchev–Trinajstić information content (AvgIpc) is 2.87. The molecule has 0 aliphatic heterocycles. The van der Waals surface area contributed by atoms with Crippen LogP contribution in [0.15, 0.2) is 84.6 Å². The zero-order valence-electron chi connectivity index (χ0n) is 19.7. The lowest BCUT2D eigenvalue weighted by Crippen LogP contribution is -2.34. The Morgan fingerprint density at radius 2 is 1.53 bits per heavy atom. The second kappa shape index (κ2) is 12.3. The van der Waals surface area contributed by atoms with Gasteiger partial charge in [-0.25, -0.2) is 0 Å². The highest BCUT2D eigenvalue weighted by Crippen LogP contribution is 2.16. The summed E-state index contributed by atoms with van der Waals surface area (Å²) in [6, 6.07) is 23.7. The minimum absolute atomic E-state index is 0.145. The van der Waals surface area contributed by atoms with Crippen LogP contribution in [0.2, 0.25) is 0 Å². The van der Waals surface area contributed by atoms with E-state index in [1.165, 1.54) is 0 Å². The molecule has 0 unspecified atom stereocenters.